The minimum absolute atomic E-state index is 0. The van der Waals surface area contributed by atoms with Crippen molar-refractivity contribution in [3.05, 3.63) is 35.4 Å². The Morgan fingerprint density at radius 1 is 1.41 bits per heavy atom. The largest absolute Gasteiger partial charge is 0.462 e. The van der Waals surface area contributed by atoms with Crippen LogP contribution < -0.4 is 5.32 Å². The third kappa shape index (κ3) is 3.20. The Morgan fingerprint density at radius 3 is 2.65 bits per heavy atom. The molecule has 1 aromatic rings. The average Bonchev–Trinajstić information content (AvgIpc) is 2.83. The number of nitrogens with one attached hydrogen (secondary N) is 1. The van der Waals surface area contributed by atoms with Crippen molar-refractivity contribution in [1.82, 2.24) is 5.32 Å². The summed E-state index contributed by atoms with van der Waals surface area (Å²) in [4.78, 5) is 15.7. The van der Waals surface area contributed by atoms with Crippen LogP contribution >= 0.6 is 12.4 Å². The topological polar surface area (TPSA) is 50.7 Å². The summed E-state index contributed by atoms with van der Waals surface area (Å²) >= 11 is 0. The molecule has 2 rings (SSSR count). The van der Waals surface area contributed by atoms with Crippen LogP contribution in [0, 0.1) is 0 Å². The quantitative estimate of drug-likeness (QED) is 0.835. The van der Waals surface area contributed by atoms with Crippen LogP contribution in [0.2, 0.25) is 0 Å². The first-order valence-corrected chi connectivity index (χ1v) is 5.37. The summed E-state index contributed by atoms with van der Waals surface area (Å²) < 4.78 is 4.91. The number of hydrogen-bond donors (Lipinski definition) is 1. The fourth-order valence-electron chi connectivity index (χ4n) is 1.57. The number of benzene rings is 1. The third-order valence-corrected chi connectivity index (χ3v) is 2.34. The number of carbonyl (C=O) groups is 1. The van der Waals surface area contributed by atoms with E-state index >= 15 is 0 Å². The van der Waals surface area contributed by atoms with E-state index in [9.17, 15) is 4.79 Å². The van der Waals surface area contributed by atoms with Gasteiger partial charge in [0.05, 0.1) is 18.7 Å². The number of esters is 1. The Bertz CT molecular complexity index is 415. The van der Waals surface area contributed by atoms with Crippen molar-refractivity contribution in [2.24, 2.45) is 4.99 Å². The third-order valence-electron chi connectivity index (χ3n) is 2.34. The lowest BCUT2D eigenvalue weighted by Gasteiger charge is -2.04. The smallest absolute Gasteiger partial charge is 0.338 e. The number of halogens is 1. The van der Waals surface area contributed by atoms with Gasteiger partial charge in [-0.1, -0.05) is 12.1 Å². The zero-order chi connectivity index (χ0) is 11.4. The first-order chi connectivity index (χ1) is 7.81. The summed E-state index contributed by atoms with van der Waals surface area (Å²) in [6.45, 7) is 3.89. The maximum Gasteiger partial charge on any atom is 0.338 e. The van der Waals surface area contributed by atoms with Gasteiger partial charge in [0.1, 0.15) is 5.84 Å². The minimum Gasteiger partial charge on any atom is -0.462 e. The molecular formula is C12H15ClN2O2. The fraction of sp³-hybridized carbons (Fsp3) is 0.333. The lowest BCUT2D eigenvalue weighted by molar-refractivity contribution is 0.0526. The maximum absolute atomic E-state index is 11.4. The number of amidine groups is 1. The van der Waals surface area contributed by atoms with E-state index in [1.165, 1.54) is 0 Å². The molecule has 1 aromatic carbocycles. The molecule has 0 atom stereocenters. The van der Waals surface area contributed by atoms with Crippen molar-refractivity contribution in [3.8, 4) is 0 Å². The van der Waals surface area contributed by atoms with Gasteiger partial charge in [-0.05, 0) is 19.1 Å². The first kappa shape index (κ1) is 13.5. The van der Waals surface area contributed by atoms with Crippen LogP contribution in [0.3, 0.4) is 0 Å². The second-order valence-electron chi connectivity index (χ2n) is 3.45. The van der Waals surface area contributed by atoms with Crippen molar-refractivity contribution in [1.29, 1.82) is 0 Å². The summed E-state index contributed by atoms with van der Waals surface area (Å²) in [5.74, 6) is 0.616. The molecule has 1 N–H and O–H groups in total. The van der Waals surface area contributed by atoms with E-state index < -0.39 is 0 Å². The molecule has 0 aliphatic carbocycles. The Kier molecular flexibility index (Phi) is 4.97. The molecule has 17 heavy (non-hydrogen) atoms. The second-order valence-corrected chi connectivity index (χ2v) is 3.45. The summed E-state index contributed by atoms with van der Waals surface area (Å²) in [5.41, 5.74) is 1.58. The van der Waals surface area contributed by atoms with Gasteiger partial charge in [-0.3, -0.25) is 4.99 Å². The van der Waals surface area contributed by atoms with Gasteiger partial charge >= 0.3 is 5.97 Å². The standard InChI is InChI=1S/C12H14N2O2.ClH/c1-2-16-12(15)10-5-3-9(4-6-10)11-13-7-8-14-11;/h3-6H,2,7-8H2,1H3,(H,13,14);1H. The van der Waals surface area contributed by atoms with E-state index in [0.29, 0.717) is 12.2 Å². The zero-order valence-corrected chi connectivity index (χ0v) is 10.4. The molecule has 0 bridgehead atoms. The highest BCUT2D eigenvalue weighted by Gasteiger charge is 2.10. The Labute approximate surface area is 106 Å². The lowest BCUT2D eigenvalue weighted by atomic mass is 10.1. The molecular weight excluding hydrogens is 240 g/mol. The number of hydrogen-bond acceptors (Lipinski definition) is 4. The lowest BCUT2D eigenvalue weighted by Crippen LogP contribution is -2.19. The second kappa shape index (κ2) is 6.25. The van der Waals surface area contributed by atoms with E-state index in [1.54, 1.807) is 19.1 Å². The number of aliphatic imine (C=N–C) groups is 1. The maximum atomic E-state index is 11.4. The summed E-state index contributed by atoms with van der Waals surface area (Å²) in [6.07, 6.45) is 0. The van der Waals surface area contributed by atoms with Crippen molar-refractivity contribution < 1.29 is 9.53 Å². The molecule has 0 unspecified atom stereocenters. The summed E-state index contributed by atoms with van der Waals surface area (Å²) in [7, 11) is 0. The normalized spacial score (nSPS) is 13.4. The highest BCUT2D eigenvalue weighted by atomic mass is 35.5. The number of rotatable bonds is 3. The first-order valence-electron chi connectivity index (χ1n) is 5.37. The van der Waals surface area contributed by atoms with Crippen molar-refractivity contribution in [2.75, 3.05) is 19.7 Å². The molecule has 0 saturated heterocycles. The van der Waals surface area contributed by atoms with Crippen LogP contribution in [-0.4, -0.2) is 31.5 Å². The summed E-state index contributed by atoms with van der Waals surface area (Å²) in [5, 5.41) is 3.18. The van der Waals surface area contributed by atoms with E-state index in [-0.39, 0.29) is 18.4 Å². The van der Waals surface area contributed by atoms with Crippen LogP contribution in [0.25, 0.3) is 0 Å². The van der Waals surface area contributed by atoms with E-state index in [1.807, 2.05) is 12.1 Å². The van der Waals surface area contributed by atoms with E-state index in [0.717, 1.165) is 24.5 Å². The average molecular weight is 255 g/mol. The van der Waals surface area contributed by atoms with Gasteiger partial charge in [-0.2, -0.15) is 0 Å². The molecule has 1 aliphatic heterocycles. The van der Waals surface area contributed by atoms with Gasteiger partial charge < -0.3 is 10.1 Å². The van der Waals surface area contributed by atoms with Gasteiger partial charge in [0, 0.05) is 12.1 Å². The summed E-state index contributed by atoms with van der Waals surface area (Å²) in [6, 6.07) is 7.28. The monoisotopic (exact) mass is 254 g/mol. The molecule has 1 aliphatic rings. The molecule has 0 amide bonds. The molecule has 5 heteroatoms. The SMILES string of the molecule is CCOC(=O)c1ccc(C2=NCCN2)cc1.Cl. The van der Waals surface area contributed by atoms with E-state index in [2.05, 4.69) is 10.3 Å². The van der Waals surface area contributed by atoms with E-state index in [4.69, 9.17) is 4.74 Å². The highest BCUT2D eigenvalue weighted by molar-refractivity contribution is 6.00. The molecule has 0 spiro atoms. The minimum atomic E-state index is -0.282. The van der Waals surface area contributed by atoms with Crippen molar-refractivity contribution in [3.63, 3.8) is 0 Å². The molecule has 4 nitrogen and oxygen atoms in total. The van der Waals surface area contributed by atoms with Gasteiger partial charge in [-0.15, -0.1) is 12.4 Å². The predicted molar refractivity (Wildman–Crippen MR) is 69.1 cm³/mol. The number of carbonyl (C=O) groups excluding carboxylic acids is 1. The van der Waals surface area contributed by atoms with Crippen LogP contribution in [0.4, 0.5) is 0 Å². The molecule has 1 heterocycles. The van der Waals surface area contributed by atoms with Gasteiger partial charge in [0.2, 0.25) is 0 Å². The van der Waals surface area contributed by atoms with Crippen LogP contribution in [0.15, 0.2) is 29.3 Å². The molecule has 0 saturated carbocycles. The van der Waals surface area contributed by atoms with Gasteiger partial charge in [0.15, 0.2) is 0 Å². The molecule has 0 aromatic heterocycles. The molecule has 0 fully saturated rings. The Morgan fingerprint density at radius 2 is 2.12 bits per heavy atom. The Hall–Kier alpha value is -1.55. The molecule has 92 valence electrons. The van der Waals surface area contributed by atoms with Gasteiger partial charge in [0.25, 0.3) is 0 Å². The van der Waals surface area contributed by atoms with Crippen LogP contribution in [0.5, 0.6) is 0 Å². The van der Waals surface area contributed by atoms with Gasteiger partial charge in [-0.25, -0.2) is 4.79 Å². The fourth-order valence-corrected chi connectivity index (χ4v) is 1.57. The van der Waals surface area contributed by atoms with Crippen molar-refractivity contribution in [2.45, 2.75) is 6.92 Å². The van der Waals surface area contributed by atoms with Crippen LogP contribution in [0.1, 0.15) is 22.8 Å². The highest BCUT2D eigenvalue weighted by Crippen LogP contribution is 2.07. The number of ether oxygens (including phenoxy) is 1. The molecule has 0 radical (unpaired) electrons. The predicted octanol–water partition coefficient (Wildman–Crippen LogP) is 1.63. The van der Waals surface area contributed by atoms with Crippen molar-refractivity contribution >= 4 is 24.2 Å². The van der Waals surface area contributed by atoms with Crippen LogP contribution in [-0.2, 0) is 4.74 Å². The zero-order valence-electron chi connectivity index (χ0n) is 9.60. The number of nitrogens with zero attached hydrogens (tertiary/aromatic N) is 1. The Balaban J connectivity index is 0.00000144.